The molecule has 2 amide bonds. The summed E-state index contributed by atoms with van der Waals surface area (Å²) in [6.45, 7) is 2.05. The van der Waals surface area contributed by atoms with Gasteiger partial charge in [-0.3, -0.25) is 14.4 Å². The van der Waals surface area contributed by atoms with E-state index in [4.69, 9.17) is 5.11 Å². The van der Waals surface area contributed by atoms with Crippen molar-refractivity contribution in [2.45, 2.75) is 19.4 Å². The average molecular weight is 375 g/mol. The number of benzene rings is 1. The molecule has 1 fully saturated rings. The van der Waals surface area contributed by atoms with Crippen molar-refractivity contribution in [3.63, 3.8) is 0 Å². The Bertz CT molecular complexity index is 835. The predicted molar refractivity (Wildman–Crippen MR) is 100 cm³/mol. The summed E-state index contributed by atoms with van der Waals surface area (Å²) in [5.41, 5.74) is 1.44. The van der Waals surface area contributed by atoms with Crippen LogP contribution in [0.2, 0.25) is 0 Å². The van der Waals surface area contributed by atoms with Crippen LogP contribution >= 0.6 is 11.8 Å². The number of hydrogen-bond acceptors (Lipinski definition) is 4. The fraction of sp³-hybridized carbons (Fsp3) is 0.389. The minimum absolute atomic E-state index is 0.00230. The fourth-order valence-corrected chi connectivity index (χ4v) is 4.18. The minimum Gasteiger partial charge on any atom is -0.481 e. The van der Waals surface area contributed by atoms with E-state index in [1.54, 1.807) is 18.0 Å². The van der Waals surface area contributed by atoms with Gasteiger partial charge in [0.05, 0.1) is 11.4 Å². The number of carboxylic acids is 1. The first kappa shape index (κ1) is 18.3. The Morgan fingerprint density at radius 2 is 2.15 bits per heavy atom. The van der Waals surface area contributed by atoms with Crippen molar-refractivity contribution in [2.24, 2.45) is 5.92 Å². The molecular weight excluding hydrogens is 354 g/mol. The number of thioether (sulfide) groups is 1. The van der Waals surface area contributed by atoms with Crippen LogP contribution in [0.3, 0.4) is 0 Å². The van der Waals surface area contributed by atoms with E-state index < -0.39 is 12.0 Å². The average Bonchev–Trinajstić information content (AvgIpc) is 3.25. The van der Waals surface area contributed by atoms with E-state index in [0.717, 1.165) is 10.9 Å². The Balaban J connectivity index is 1.68. The molecule has 138 valence electrons. The number of carboxylic acid groups (broad SMARTS) is 1. The molecule has 3 N–H and O–H groups in total. The summed E-state index contributed by atoms with van der Waals surface area (Å²) in [5.74, 6) is -0.469. The second kappa shape index (κ2) is 7.82. The van der Waals surface area contributed by atoms with Crippen LogP contribution in [-0.4, -0.2) is 57.0 Å². The third kappa shape index (κ3) is 3.85. The van der Waals surface area contributed by atoms with Gasteiger partial charge in [0.2, 0.25) is 5.91 Å². The summed E-state index contributed by atoms with van der Waals surface area (Å²) in [4.78, 5) is 40.8. The quantitative estimate of drug-likeness (QED) is 0.716. The van der Waals surface area contributed by atoms with Crippen molar-refractivity contribution < 1.29 is 19.5 Å². The molecule has 7 nitrogen and oxygen atoms in total. The SMILES string of the molecule is CC(CNC(=O)C1CSCN1C(=O)c1c[nH]c2ccccc12)CC(=O)O. The Hall–Kier alpha value is -2.48. The number of H-pyrrole nitrogens is 1. The molecule has 0 saturated carbocycles. The van der Waals surface area contributed by atoms with Gasteiger partial charge in [0, 0.05) is 35.8 Å². The monoisotopic (exact) mass is 375 g/mol. The molecular formula is C18H21N3O4S. The van der Waals surface area contributed by atoms with Crippen LogP contribution in [0.15, 0.2) is 30.5 Å². The lowest BCUT2D eigenvalue weighted by atomic mass is 10.1. The van der Waals surface area contributed by atoms with Gasteiger partial charge in [0.1, 0.15) is 6.04 Å². The largest absolute Gasteiger partial charge is 0.481 e. The summed E-state index contributed by atoms with van der Waals surface area (Å²) in [6, 6.07) is 7.01. The Morgan fingerprint density at radius 1 is 1.38 bits per heavy atom. The number of hydrogen-bond donors (Lipinski definition) is 3. The number of carbonyl (C=O) groups is 3. The number of fused-ring (bicyclic) bond motifs is 1. The van der Waals surface area contributed by atoms with E-state index in [0.29, 0.717) is 17.2 Å². The van der Waals surface area contributed by atoms with Crippen LogP contribution in [0.5, 0.6) is 0 Å². The molecule has 1 aromatic heterocycles. The summed E-state index contributed by atoms with van der Waals surface area (Å²) in [7, 11) is 0. The van der Waals surface area contributed by atoms with Gasteiger partial charge < -0.3 is 20.3 Å². The Labute approximate surface area is 155 Å². The molecule has 0 radical (unpaired) electrons. The molecule has 2 aromatic rings. The summed E-state index contributed by atoms with van der Waals surface area (Å²) < 4.78 is 0. The van der Waals surface area contributed by atoms with Crippen molar-refractivity contribution in [2.75, 3.05) is 18.2 Å². The van der Waals surface area contributed by atoms with Crippen LogP contribution in [0.1, 0.15) is 23.7 Å². The Morgan fingerprint density at radius 3 is 2.92 bits per heavy atom. The molecule has 2 unspecified atom stereocenters. The molecule has 26 heavy (non-hydrogen) atoms. The molecule has 1 aliphatic rings. The first-order valence-electron chi connectivity index (χ1n) is 8.41. The predicted octanol–water partition coefficient (Wildman–Crippen LogP) is 1.91. The zero-order valence-electron chi connectivity index (χ0n) is 14.4. The highest BCUT2D eigenvalue weighted by molar-refractivity contribution is 7.99. The van der Waals surface area contributed by atoms with Gasteiger partial charge in [0.15, 0.2) is 0 Å². The molecule has 1 aromatic carbocycles. The molecule has 1 saturated heterocycles. The molecule has 1 aliphatic heterocycles. The van der Waals surface area contributed by atoms with Crippen LogP contribution in [0, 0.1) is 5.92 Å². The van der Waals surface area contributed by atoms with Crippen molar-refractivity contribution in [1.29, 1.82) is 0 Å². The number of nitrogens with zero attached hydrogens (tertiary/aromatic N) is 1. The van der Waals surface area contributed by atoms with E-state index >= 15 is 0 Å². The van der Waals surface area contributed by atoms with E-state index in [1.165, 1.54) is 11.8 Å². The van der Waals surface area contributed by atoms with Crippen molar-refractivity contribution in [3.8, 4) is 0 Å². The lowest BCUT2D eigenvalue weighted by Crippen LogP contribution is -2.48. The zero-order chi connectivity index (χ0) is 18.7. The maximum Gasteiger partial charge on any atom is 0.303 e. The zero-order valence-corrected chi connectivity index (χ0v) is 15.2. The van der Waals surface area contributed by atoms with Gasteiger partial charge in [-0.15, -0.1) is 11.8 Å². The van der Waals surface area contributed by atoms with Crippen LogP contribution in [-0.2, 0) is 9.59 Å². The van der Waals surface area contributed by atoms with Crippen LogP contribution in [0.25, 0.3) is 10.9 Å². The Kier molecular flexibility index (Phi) is 5.51. The lowest BCUT2D eigenvalue weighted by Gasteiger charge is -2.23. The summed E-state index contributed by atoms with van der Waals surface area (Å²) in [5, 5.41) is 12.4. The number of aromatic nitrogens is 1. The van der Waals surface area contributed by atoms with Gasteiger partial charge in [-0.1, -0.05) is 25.1 Å². The lowest BCUT2D eigenvalue weighted by molar-refractivity contribution is -0.138. The van der Waals surface area contributed by atoms with Crippen LogP contribution < -0.4 is 5.32 Å². The third-order valence-electron chi connectivity index (χ3n) is 4.41. The number of rotatable bonds is 6. The van der Waals surface area contributed by atoms with E-state index in [9.17, 15) is 14.4 Å². The molecule has 0 bridgehead atoms. The first-order chi connectivity index (χ1) is 12.5. The minimum atomic E-state index is -0.890. The topological polar surface area (TPSA) is 103 Å². The smallest absolute Gasteiger partial charge is 0.303 e. The summed E-state index contributed by atoms with van der Waals surface area (Å²) in [6.07, 6.45) is 1.68. The van der Waals surface area contributed by atoms with Crippen molar-refractivity contribution >= 4 is 40.4 Å². The number of aliphatic carboxylic acids is 1. The maximum absolute atomic E-state index is 13.0. The molecule has 0 spiro atoms. The number of para-hydroxylation sites is 1. The molecule has 3 rings (SSSR count). The number of nitrogens with one attached hydrogen (secondary N) is 2. The highest BCUT2D eigenvalue weighted by atomic mass is 32.2. The van der Waals surface area contributed by atoms with Crippen molar-refractivity contribution in [1.82, 2.24) is 15.2 Å². The van der Waals surface area contributed by atoms with E-state index in [-0.39, 0.29) is 30.7 Å². The third-order valence-corrected chi connectivity index (χ3v) is 5.43. The van der Waals surface area contributed by atoms with E-state index in [2.05, 4.69) is 10.3 Å². The van der Waals surface area contributed by atoms with Crippen LogP contribution in [0.4, 0.5) is 0 Å². The number of amides is 2. The first-order valence-corrected chi connectivity index (χ1v) is 9.57. The second-order valence-electron chi connectivity index (χ2n) is 6.49. The highest BCUT2D eigenvalue weighted by Crippen LogP contribution is 2.26. The molecule has 8 heteroatoms. The standard InChI is InChI=1S/C18H21N3O4S/c1-11(6-16(22)23)7-20-17(24)15-9-26-10-21(15)18(25)13-8-19-14-5-3-2-4-12(13)14/h2-5,8,11,15,19H,6-7,9-10H2,1H3,(H,20,24)(H,22,23). The molecule has 0 aliphatic carbocycles. The van der Waals surface area contributed by atoms with Gasteiger partial charge in [-0.2, -0.15) is 0 Å². The number of carbonyl (C=O) groups excluding carboxylic acids is 2. The second-order valence-corrected chi connectivity index (χ2v) is 7.49. The van der Waals surface area contributed by atoms with Crippen molar-refractivity contribution in [3.05, 3.63) is 36.0 Å². The van der Waals surface area contributed by atoms with Gasteiger partial charge in [0.25, 0.3) is 5.91 Å². The van der Waals surface area contributed by atoms with Gasteiger partial charge in [-0.25, -0.2) is 0 Å². The summed E-state index contributed by atoms with van der Waals surface area (Å²) >= 11 is 1.53. The number of aromatic amines is 1. The molecule has 2 heterocycles. The van der Waals surface area contributed by atoms with E-state index in [1.807, 2.05) is 24.3 Å². The maximum atomic E-state index is 13.0. The normalized spacial score (nSPS) is 18.0. The molecule has 2 atom stereocenters. The fourth-order valence-electron chi connectivity index (χ4n) is 3.03. The van der Waals surface area contributed by atoms with Gasteiger partial charge >= 0.3 is 5.97 Å². The highest BCUT2D eigenvalue weighted by Gasteiger charge is 2.35. The van der Waals surface area contributed by atoms with Gasteiger partial charge in [-0.05, 0) is 12.0 Å².